The number of nitrogen functional groups attached to an aromatic ring is 1. The predicted molar refractivity (Wildman–Crippen MR) is 82.1 cm³/mol. The smallest absolute Gasteiger partial charge is 0.293 e. The second kappa shape index (κ2) is 7.89. The zero-order valence-electron chi connectivity index (χ0n) is 12.4. The first kappa shape index (κ1) is 16.5. The maximum atomic E-state index is 9.60. The minimum absolute atomic E-state index is 0.318. The van der Waals surface area contributed by atoms with Crippen LogP contribution in [0.1, 0.15) is 20.8 Å². The van der Waals surface area contributed by atoms with Crippen LogP contribution in [0.15, 0.2) is 48.8 Å². The molecule has 1 aromatic carbocycles. The van der Waals surface area contributed by atoms with Gasteiger partial charge >= 0.3 is 0 Å². The van der Waals surface area contributed by atoms with E-state index in [1.165, 1.54) is 0 Å². The minimum Gasteiger partial charge on any atom is -0.462 e. The number of ether oxygens (including phenoxy) is 2. The molecule has 0 spiro atoms. The van der Waals surface area contributed by atoms with E-state index in [0.29, 0.717) is 6.47 Å². The number of aromatic nitrogens is 1. The third-order valence-corrected chi connectivity index (χ3v) is 2.17. The molecule has 0 unspecified atom stereocenters. The SMILES string of the molecule is CC(C)(C)OC=O.Nc1ccc(Oc2ccncc2)cc1. The molecule has 0 saturated heterocycles. The van der Waals surface area contributed by atoms with Crippen LogP contribution in [0.4, 0.5) is 5.69 Å². The van der Waals surface area contributed by atoms with Crippen molar-refractivity contribution in [3.63, 3.8) is 0 Å². The van der Waals surface area contributed by atoms with Gasteiger partial charge in [0, 0.05) is 18.1 Å². The Balaban J connectivity index is 0.000000270. The fourth-order valence-electron chi connectivity index (χ4n) is 1.22. The lowest BCUT2D eigenvalue weighted by Crippen LogP contribution is -2.17. The molecule has 0 aliphatic carbocycles. The van der Waals surface area contributed by atoms with Crippen LogP contribution >= 0.6 is 0 Å². The summed E-state index contributed by atoms with van der Waals surface area (Å²) in [7, 11) is 0. The van der Waals surface area contributed by atoms with Gasteiger partial charge < -0.3 is 15.2 Å². The van der Waals surface area contributed by atoms with Gasteiger partial charge in [-0.2, -0.15) is 0 Å². The molecular formula is C16H20N2O3. The highest BCUT2D eigenvalue weighted by atomic mass is 16.5. The van der Waals surface area contributed by atoms with Crippen molar-refractivity contribution in [1.82, 2.24) is 4.98 Å². The van der Waals surface area contributed by atoms with E-state index in [1.54, 1.807) is 36.7 Å². The Kier molecular flexibility index (Phi) is 6.20. The van der Waals surface area contributed by atoms with Gasteiger partial charge in [0.2, 0.25) is 0 Å². The summed E-state index contributed by atoms with van der Waals surface area (Å²) in [5, 5.41) is 0. The zero-order chi connectivity index (χ0) is 15.7. The summed E-state index contributed by atoms with van der Waals surface area (Å²) >= 11 is 0. The third-order valence-electron chi connectivity index (χ3n) is 2.17. The summed E-state index contributed by atoms with van der Waals surface area (Å²) in [6, 6.07) is 10.9. The van der Waals surface area contributed by atoms with Crippen LogP contribution in [0.5, 0.6) is 11.5 Å². The molecule has 1 aromatic heterocycles. The van der Waals surface area contributed by atoms with Crippen molar-refractivity contribution in [2.24, 2.45) is 0 Å². The summed E-state index contributed by atoms with van der Waals surface area (Å²) in [6.45, 7) is 5.92. The Bertz CT molecular complexity index is 534. The molecule has 2 rings (SSSR count). The number of hydrogen-bond acceptors (Lipinski definition) is 5. The molecule has 0 amide bonds. The molecule has 2 aromatic rings. The van der Waals surface area contributed by atoms with Crippen molar-refractivity contribution >= 4 is 12.2 Å². The zero-order valence-corrected chi connectivity index (χ0v) is 12.4. The lowest BCUT2D eigenvalue weighted by Gasteiger charge is -2.14. The second-order valence-electron chi connectivity index (χ2n) is 5.18. The molecule has 0 atom stereocenters. The van der Waals surface area contributed by atoms with E-state index < -0.39 is 0 Å². The average molecular weight is 288 g/mol. The number of nitrogens with two attached hydrogens (primary N) is 1. The summed E-state index contributed by atoms with van der Waals surface area (Å²) in [5.41, 5.74) is 5.97. The number of benzene rings is 1. The lowest BCUT2D eigenvalue weighted by atomic mass is 10.2. The van der Waals surface area contributed by atoms with Crippen LogP contribution in [0.25, 0.3) is 0 Å². The van der Waals surface area contributed by atoms with Gasteiger partial charge in [-0.05, 0) is 57.2 Å². The number of rotatable bonds is 3. The molecule has 0 saturated carbocycles. The normalized spacial score (nSPS) is 10.0. The Morgan fingerprint density at radius 1 is 1.00 bits per heavy atom. The number of carbonyl (C=O) groups is 1. The molecule has 0 fully saturated rings. The Labute approximate surface area is 124 Å². The van der Waals surface area contributed by atoms with Crippen molar-refractivity contribution in [3.05, 3.63) is 48.8 Å². The van der Waals surface area contributed by atoms with E-state index in [9.17, 15) is 4.79 Å². The van der Waals surface area contributed by atoms with Crippen LogP contribution in [0.3, 0.4) is 0 Å². The van der Waals surface area contributed by atoms with Gasteiger partial charge in [-0.3, -0.25) is 9.78 Å². The molecule has 21 heavy (non-hydrogen) atoms. The van der Waals surface area contributed by atoms with Gasteiger partial charge in [-0.1, -0.05) is 0 Å². The molecule has 5 heteroatoms. The summed E-state index contributed by atoms with van der Waals surface area (Å²) in [6.07, 6.45) is 3.37. The quantitative estimate of drug-likeness (QED) is 0.692. The number of anilines is 1. The number of pyridine rings is 1. The van der Waals surface area contributed by atoms with Gasteiger partial charge in [-0.25, -0.2) is 0 Å². The predicted octanol–water partition coefficient (Wildman–Crippen LogP) is 3.41. The van der Waals surface area contributed by atoms with Gasteiger partial charge in [0.25, 0.3) is 6.47 Å². The van der Waals surface area contributed by atoms with Gasteiger partial charge in [0.15, 0.2) is 0 Å². The molecule has 5 nitrogen and oxygen atoms in total. The van der Waals surface area contributed by atoms with Crippen LogP contribution in [-0.2, 0) is 9.53 Å². The van der Waals surface area contributed by atoms with E-state index in [1.807, 2.05) is 32.9 Å². The van der Waals surface area contributed by atoms with Gasteiger partial charge in [-0.15, -0.1) is 0 Å². The molecule has 0 aliphatic rings. The Morgan fingerprint density at radius 3 is 1.95 bits per heavy atom. The molecular weight excluding hydrogens is 268 g/mol. The van der Waals surface area contributed by atoms with Crippen molar-refractivity contribution in [2.75, 3.05) is 5.73 Å². The minimum atomic E-state index is -0.318. The van der Waals surface area contributed by atoms with Crippen LogP contribution < -0.4 is 10.5 Å². The third kappa shape index (κ3) is 7.57. The first-order chi connectivity index (χ1) is 9.90. The van der Waals surface area contributed by atoms with Gasteiger partial charge in [0.05, 0.1) is 0 Å². The van der Waals surface area contributed by atoms with E-state index in [4.69, 9.17) is 10.5 Å². The fourth-order valence-corrected chi connectivity index (χ4v) is 1.22. The highest BCUT2D eigenvalue weighted by Gasteiger charge is 2.07. The van der Waals surface area contributed by atoms with E-state index in [-0.39, 0.29) is 5.60 Å². The summed E-state index contributed by atoms with van der Waals surface area (Å²) in [4.78, 5) is 13.5. The van der Waals surface area contributed by atoms with Crippen LogP contribution in [0, 0.1) is 0 Å². The van der Waals surface area contributed by atoms with Crippen LogP contribution in [-0.4, -0.2) is 17.1 Å². The number of nitrogens with zero attached hydrogens (tertiary/aromatic N) is 1. The Morgan fingerprint density at radius 2 is 1.52 bits per heavy atom. The standard InChI is InChI=1S/C11H10N2O.C5H10O2/c12-9-1-3-10(4-2-9)14-11-5-7-13-8-6-11;1-5(2,3)7-4-6/h1-8H,12H2;4H,1-3H3. The average Bonchev–Trinajstić information content (AvgIpc) is 2.42. The molecule has 112 valence electrons. The number of carbonyl (C=O) groups excluding carboxylic acids is 1. The molecule has 0 radical (unpaired) electrons. The van der Waals surface area contributed by atoms with Crippen molar-refractivity contribution in [2.45, 2.75) is 26.4 Å². The molecule has 0 aliphatic heterocycles. The lowest BCUT2D eigenvalue weighted by molar-refractivity contribution is -0.138. The summed E-state index contributed by atoms with van der Waals surface area (Å²) in [5.74, 6) is 1.54. The van der Waals surface area contributed by atoms with Crippen LogP contribution in [0.2, 0.25) is 0 Å². The highest BCUT2D eigenvalue weighted by molar-refractivity contribution is 5.42. The summed E-state index contributed by atoms with van der Waals surface area (Å²) < 4.78 is 10.1. The first-order valence-electron chi connectivity index (χ1n) is 6.45. The van der Waals surface area contributed by atoms with Gasteiger partial charge in [0.1, 0.15) is 17.1 Å². The Hall–Kier alpha value is -2.56. The maximum absolute atomic E-state index is 9.60. The van der Waals surface area contributed by atoms with Crippen molar-refractivity contribution in [1.29, 1.82) is 0 Å². The first-order valence-corrected chi connectivity index (χ1v) is 6.45. The topological polar surface area (TPSA) is 74.4 Å². The molecule has 0 bridgehead atoms. The van der Waals surface area contributed by atoms with E-state index >= 15 is 0 Å². The maximum Gasteiger partial charge on any atom is 0.293 e. The molecule has 2 N–H and O–H groups in total. The highest BCUT2D eigenvalue weighted by Crippen LogP contribution is 2.20. The largest absolute Gasteiger partial charge is 0.462 e. The second-order valence-corrected chi connectivity index (χ2v) is 5.18. The monoisotopic (exact) mass is 288 g/mol. The van der Waals surface area contributed by atoms with Crippen molar-refractivity contribution in [3.8, 4) is 11.5 Å². The van der Waals surface area contributed by atoms with E-state index in [2.05, 4.69) is 9.72 Å². The number of hydrogen-bond donors (Lipinski definition) is 1. The van der Waals surface area contributed by atoms with Crippen molar-refractivity contribution < 1.29 is 14.3 Å². The van der Waals surface area contributed by atoms with E-state index in [0.717, 1.165) is 17.2 Å². The fraction of sp³-hybridized carbons (Fsp3) is 0.250. The molecule has 1 heterocycles.